The third-order valence-corrected chi connectivity index (χ3v) is 5.24. The number of amides is 2. The predicted octanol–water partition coefficient (Wildman–Crippen LogP) is 1.42. The number of halogens is 1. The molecule has 0 aliphatic heterocycles. The van der Waals surface area contributed by atoms with E-state index in [-0.39, 0.29) is 16.7 Å². The zero-order valence-electron chi connectivity index (χ0n) is 17.2. The van der Waals surface area contributed by atoms with E-state index in [4.69, 9.17) is 10.5 Å². The maximum absolute atomic E-state index is 14.4. The van der Waals surface area contributed by atoms with Crippen molar-refractivity contribution in [2.75, 3.05) is 6.26 Å². The molecule has 0 aliphatic rings. The molecule has 2 aromatic carbocycles. The fourth-order valence-corrected chi connectivity index (χ4v) is 3.81. The SMILES string of the molecule is Cc1c(C(=O)C(N)=O)c2c(OC(F)C(=O)NS(C)(=O)=O)cccc2n1Cc1ccccc1. The van der Waals surface area contributed by atoms with E-state index in [1.807, 2.05) is 30.3 Å². The number of rotatable bonds is 8. The van der Waals surface area contributed by atoms with Crippen LogP contribution in [-0.2, 0) is 26.2 Å². The normalized spacial score (nSPS) is 12.3. The molecular weight excluding hydrogens is 441 g/mol. The topological polar surface area (TPSA) is 138 Å². The zero-order valence-corrected chi connectivity index (χ0v) is 18.0. The van der Waals surface area contributed by atoms with Gasteiger partial charge in [-0.1, -0.05) is 36.4 Å². The molecule has 0 saturated heterocycles. The number of nitrogens with two attached hydrogens (primary N) is 1. The van der Waals surface area contributed by atoms with Gasteiger partial charge in [-0.05, 0) is 24.6 Å². The van der Waals surface area contributed by atoms with Crippen molar-refractivity contribution in [1.29, 1.82) is 0 Å². The number of benzene rings is 2. The van der Waals surface area contributed by atoms with Crippen LogP contribution in [0.3, 0.4) is 0 Å². The summed E-state index contributed by atoms with van der Waals surface area (Å²) in [7, 11) is -4.01. The molecule has 32 heavy (non-hydrogen) atoms. The number of alkyl halides is 1. The molecule has 168 valence electrons. The van der Waals surface area contributed by atoms with Crippen molar-refractivity contribution < 1.29 is 31.9 Å². The van der Waals surface area contributed by atoms with E-state index in [2.05, 4.69) is 0 Å². The standard InChI is InChI=1S/C21H20FN3O6S/c1-12-16(18(26)20(23)27)17-14(25(12)11-13-7-4-3-5-8-13)9-6-10-15(17)31-19(22)21(28)24-32(2,29)30/h3-10,19H,11H2,1-2H3,(H2,23,27)(H,24,28). The highest BCUT2D eigenvalue weighted by molar-refractivity contribution is 7.89. The highest BCUT2D eigenvalue weighted by Gasteiger charge is 2.29. The molecule has 2 amide bonds. The van der Waals surface area contributed by atoms with Crippen LogP contribution >= 0.6 is 0 Å². The lowest BCUT2D eigenvalue weighted by Gasteiger charge is -2.13. The number of Topliss-reactive ketones (excluding diaryl/α,β-unsaturated/α-hetero) is 1. The summed E-state index contributed by atoms with van der Waals surface area (Å²) in [4.78, 5) is 36.1. The van der Waals surface area contributed by atoms with Gasteiger partial charge in [-0.3, -0.25) is 14.4 Å². The number of ketones is 1. The summed E-state index contributed by atoms with van der Waals surface area (Å²) in [6, 6.07) is 13.7. The lowest BCUT2D eigenvalue weighted by atomic mass is 10.1. The van der Waals surface area contributed by atoms with E-state index >= 15 is 0 Å². The Hall–Kier alpha value is -3.73. The Morgan fingerprint density at radius 2 is 1.78 bits per heavy atom. The first-order valence-electron chi connectivity index (χ1n) is 9.32. The van der Waals surface area contributed by atoms with Gasteiger partial charge in [0.2, 0.25) is 10.0 Å². The quantitative estimate of drug-likeness (QED) is 0.384. The van der Waals surface area contributed by atoms with E-state index in [0.717, 1.165) is 5.56 Å². The van der Waals surface area contributed by atoms with Crippen molar-refractivity contribution in [1.82, 2.24) is 9.29 Å². The number of ether oxygens (including phenoxy) is 1. The summed E-state index contributed by atoms with van der Waals surface area (Å²) in [6.07, 6.45) is -2.00. The minimum atomic E-state index is -4.01. The van der Waals surface area contributed by atoms with Gasteiger partial charge in [0.1, 0.15) is 5.75 Å². The molecule has 3 rings (SSSR count). The lowest BCUT2D eigenvalue weighted by Crippen LogP contribution is -2.38. The molecule has 11 heteroatoms. The monoisotopic (exact) mass is 461 g/mol. The minimum absolute atomic E-state index is 0.0829. The first-order chi connectivity index (χ1) is 15.0. The number of primary amides is 1. The third kappa shape index (κ3) is 4.78. The summed E-state index contributed by atoms with van der Waals surface area (Å²) in [6.45, 7) is 1.93. The molecule has 1 heterocycles. The number of sulfonamides is 1. The highest BCUT2D eigenvalue weighted by Crippen LogP contribution is 2.35. The molecule has 0 fully saturated rings. The average Bonchev–Trinajstić information content (AvgIpc) is 2.99. The summed E-state index contributed by atoms with van der Waals surface area (Å²) >= 11 is 0. The third-order valence-electron chi connectivity index (χ3n) is 4.67. The molecule has 0 spiro atoms. The van der Waals surface area contributed by atoms with Crippen LogP contribution in [0.15, 0.2) is 48.5 Å². The highest BCUT2D eigenvalue weighted by atomic mass is 32.2. The number of hydrogen-bond acceptors (Lipinski definition) is 6. The molecule has 3 N–H and O–H groups in total. The largest absolute Gasteiger partial charge is 0.451 e. The zero-order chi connectivity index (χ0) is 23.6. The molecule has 9 nitrogen and oxygen atoms in total. The van der Waals surface area contributed by atoms with Crippen LogP contribution in [0.4, 0.5) is 4.39 Å². The fraction of sp³-hybridized carbons (Fsp3) is 0.190. The Morgan fingerprint density at radius 3 is 2.38 bits per heavy atom. The summed E-state index contributed by atoms with van der Waals surface area (Å²) < 4.78 is 45.1. The van der Waals surface area contributed by atoms with Crippen LogP contribution < -0.4 is 15.2 Å². The minimum Gasteiger partial charge on any atom is -0.451 e. The molecule has 1 unspecified atom stereocenters. The van der Waals surface area contributed by atoms with Crippen LogP contribution in [0, 0.1) is 6.92 Å². The maximum Gasteiger partial charge on any atom is 0.317 e. The molecule has 1 atom stereocenters. The van der Waals surface area contributed by atoms with Gasteiger partial charge in [-0.2, -0.15) is 4.39 Å². The molecule has 0 aliphatic carbocycles. The van der Waals surface area contributed by atoms with Crippen LogP contribution in [0.2, 0.25) is 0 Å². The lowest BCUT2D eigenvalue weighted by molar-refractivity contribution is -0.133. The number of aromatic nitrogens is 1. The number of nitrogens with zero attached hydrogens (tertiary/aromatic N) is 1. The molecule has 0 bridgehead atoms. The number of fused-ring (bicyclic) bond motifs is 1. The molecule has 0 radical (unpaired) electrons. The Labute approximate surface area is 183 Å². The van der Waals surface area contributed by atoms with Crippen molar-refractivity contribution in [3.63, 3.8) is 0 Å². The first kappa shape index (κ1) is 22.9. The van der Waals surface area contributed by atoms with Gasteiger partial charge in [0.05, 0.1) is 22.7 Å². The van der Waals surface area contributed by atoms with E-state index in [0.29, 0.717) is 24.0 Å². The van der Waals surface area contributed by atoms with Crippen molar-refractivity contribution in [3.05, 3.63) is 65.4 Å². The number of hydrogen-bond donors (Lipinski definition) is 2. The molecule has 0 saturated carbocycles. The van der Waals surface area contributed by atoms with Crippen LogP contribution in [0.5, 0.6) is 5.75 Å². The van der Waals surface area contributed by atoms with Crippen molar-refractivity contribution >= 4 is 38.5 Å². The average molecular weight is 461 g/mol. The predicted molar refractivity (Wildman–Crippen MR) is 114 cm³/mol. The van der Waals surface area contributed by atoms with Gasteiger partial charge in [0, 0.05) is 12.2 Å². The number of carbonyl (C=O) groups excluding carboxylic acids is 3. The Kier molecular flexibility index (Phi) is 6.30. The van der Waals surface area contributed by atoms with E-state index in [9.17, 15) is 27.2 Å². The van der Waals surface area contributed by atoms with Crippen molar-refractivity contribution in [2.24, 2.45) is 5.73 Å². The smallest absolute Gasteiger partial charge is 0.317 e. The van der Waals surface area contributed by atoms with Crippen molar-refractivity contribution in [2.45, 2.75) is 19.8 Å². The maximum atomic E-state index is 14.4. The molecule has 3 aromatic rings. The van der Waals surface area contributed by atoms with Gasteiger partial charge < -0.3 is 15.0 Å². The Morgan fingerprint density at radius 1 is 1.12 bits per heavy atom. The molecular formula is C21H20FN3O6S. The summed E-state index contributed by atoms with van der Waals surface area (Å²) in [5.41, 5.74) is 6.85. The number of nitrogens with one attached hydrogen (secondary N) is 1. The number of carbonyl (C=O) groups is 3. The summed E-state index contributed by atoms with van der Waals surface area (Å²) in [5, 5.41) is 0.0829. The first-order valence-corrected chi connectivity index (χ1v) is 11.2. The van der Waals surface area contributed by atoms with Gasteiger partial charge in [0.25, 0.3) is 11.7 Å². The second-order valence-corrected chi connectivity index (χ2v) is 8.80. The van der Waals surface area contributed by atoms with Gasteiger partial charge in [-0.15, -0.1) is 0 Å². The second-order valence-electron chi connectivity index (χ2n) is 7.05. The van der Waals surface area contributed by atoms with Gasteiger partial charge >= 0.3 is 12.3 Å². The van der Waals surface area contributed by atoms with E-state index in [1.54, 1.807) is 17.6 Å². The van der Waals surface area contributed by atoms with Crippen molar-refractivity contribution in [3.8, 4) is 5.75 Å². The van der Waals surface area contributed by atoms with E-state index in [1.165, 1.54) is 16.9 Å². The van der Waals surface area contributed by atoms with Crippen LogP contribution in [-0.4, -0.2) is 43.2 Å². The van der Waals surface area contributed by atoms with Gasteiger partial charge in [-0.25, -0.2) is 13.1 Å². The van der Waals surface area contributed by atoms with Gasteiger partial charge in [0.15, 0.2) is 0 Å². The summed E-state index contributed by atoms with van der Waals surface area (Å²) in [5.74, 6) is -3.98. The molecule has 1 aromatic heterocycles. The van der Waals surface area contributed by atoms with Crippen LogP contribution in [0.1, 0.15) is 21.6 Å². The Bertz CT molecular complexity index is 1320. The Balaban J connectivity index is 2.14. The van der Waals surface area contributed by atoms with Crippen LogP contribution in [0.25, 0.3) is 10.9 Å². The van der Waals surface area contributed by atoms with E-state index < -0.39 is 34.0 Å². The fourth-order valence-electron chi connectivity index (χ4n) is 3.36. The second kappa shape index (κ2) is 8.79.